The summed E-state index contributed by atoms with van der Waals surface area (Å²) in [5.74, 6) is 0.686. The van der Waals surface area contributed by atoms with Crippen LogP contribution >= 0.6 is 11.3 Å². The van der Waals surface area contributed by atoms with E-state index in [1.807, 2.05) is 0 Å². The van der Waals surface area contributed by atoms with Gasteiger partial charge in [0.2, 0.25) is 0 Å². The Labute approximate surface area is 89.5 Å². The molecule has 1 aliphatic rings. The molecule has 2 N–H and O–H groups in total. The summed E-state index contributed by atoms with van der Waals surface area (Å²) < 4.78 is 0. The third-order valence-electron chi connectivity index (χ3n) is 3.09. The molecule has 1 aromatic rings. The van der Waals surface area contributed by atoms with E-state index in [4.69, 9.17) is 5.73 Å². The van der Waals surface area contributed by atoms with Gasteiger partial charge >= 0.3 is 0 Å². The van der Waals surface area contributed by atoms with Gasteiger partial charge in [-0.2, -0.15) is 0 Å². The van der Waals surface area contributed by atoms with Crippen molar-refractivity contribution < 1.29 is 0 Å². The standard InChI is InChI=1S/C11H18N2S/c1-8-10(13-11(12)14-8)9-6-4-2-3-5-7-9/h9H,2-7H2,1H3,(H2,12,13). The fourth-order valence-electron chi connectivity index (χ4n) is 2.36. The highest BCUT2D eigenvalue weighted by molar-refractivity contribution is 7.15. The number of nitrogen functional groups attached to an aromatic ring is 1. The molecule has 1 aromatic heterocycles. The van der Waals surface area contributed by atoms with Crippen molar-refractivity contribution in [2.45, 2.75) is 51.4 Å². The number of hydrogen-bond acceptors (Lipinski definition) is 3. The van der Waals surface area contributed by atoms with E-state index in [-0.39, 0.29) is 0 Å². The summed E-state index contributed by atoms with van der Waals surface area (Å²) in [6, 6.07) is 0. The van der Waals surface area contributed by atoms with Crippen LogP contribution in [0.2, 0.25) is 0 Å². The van der Waals surface area contributed by atoms with Gasteiger partial charge in [-0.05, 0) is 19.8 Å². The summed E-state index contributed by atoms with van der Waals surface area (Å²) >= 11 is 1.64. The summed E-state index contributed by atoms with van der Waals surface area (Å²) in [5, 5.41) is 0.738. The first kappa shape index (κ1) is 9.97. The maximum Gasteiger partial charge on any atom is 0.180 e. The van der Waals surface area contributed by atoms with Crippen LogP contribution in [-0.4, -0.2) is 4.98 Å². The number of aromatic nitrogens is 1. The number of nitrogens with two attached hydrogens (primary N) is 1. The Morgan fingerprint density at radius 2 is 1.86 bits per heavy atom. The molecule has 2 nitrogen and oxygen atoms in total. The molecule has 0 bridgehead atoms. The van der Waals surface area contributed by atoms with Crippen molar-refractivity contribution in [3.05, 3.63) is 10.6 Å². The Morgan fingerprint density at radius 1 is 1.21 bits per heavy atom. The first-order valence-electron chi connectivity index (χ1n) is 5.50. The molecule has 0 aliphatic heterocycles. The van der Waals surface area contributed by atoms with E-state index in [2.05, 4.69) is 11.9 Å². The number of nitrogens with zero attached hydrogens (tertiary/aromatic N) is 1. The Kier molecular flexibility index (Phi) is 3.06. The Morgan fingerprint density at radius 3 is 2.36 bits per heavy atom. The van der Waals surface area contributed by atoms with Crippen LogP contribution in [0.1, 0.15) is 55.0 Å². The number of anilines is 1. The highest BCUT2D eigenvalue weighted by Gasteiger charge is 2.19. The zero-order valence-corrected chi connectivity index (χ0v) is 9.57. The van der Waals surface area contributed by atoms with Gasteiger partial charge in [0.05, 0.1) is 5.69 Å². The Bertz CT molecular complexity index is 298. The van der Waals surface area contributed by atoms with Crippen molar-refractivity contribution in [1.29, 1.82) is 0 Å². The summed E-state index contributed by atoms with van der Waals surface area (Å²) in [7, 11) is 0. The quantitative estimate of drug-likeness (QED) is 0.721. The van der Waals surface area contributed by atoms with Gasteiger partial charge in [0.15, 0.2) is 5.13 Å². The SMILES string of the molecule is Cc1sc(N)nc1C1CCCCCC1. The molecule has 0 spiro atoms. The molecule has 0 saturated heterocycles. The van der Waals surface area contributed by atoms with E-state index in [1.54, 1.807) is 11.3 Å². The first-order valence-corrected chi connectivity index (χ1v) is 6.32. The fraction of sp³-hybridized carbons (Fsp3) is 0.727. The molecule has 3 heteroatoms. The Hall–Kier alpha value is -0.570. The molecule has 1 aliphatic carbocycles. The molecule has 14 heavy (non-hydrogen) atoms. The van der Waals surface area contributed by atoms with Gasteiger partial charge in [-0.1, -0.05) is 25.7 Å². The van der Waals surface area contributed by atoms with Crippen LogP contribution in [0, 0.1) is 6.92 Å². The van der Waals surface area contributed by atoms with Crippen LogP contribution < -0.4 is 5.73 Å². The van der Waals surface area contributed by atoms with Crippen molar-refractivity contribution in [2.24, 2.45) is 0 Å². The van der Waals surface area contributed by atoms with Crippen LogP contribution in [0.3, 0.4) is 0 Å². The van der Waals surface area contributed by atoms with Gasteiger partial charge in [0.1, 0.15) is 0 Å². The normalized spacial score (nSPS) is 19.5. The van der Waals surface area contributed by atoms with E-state index >= 15 is 0 Å². The maximum atomic E-state index is 5.73. The van der Waals surface area contributed by atoms with Crippen molar-refractivity contribution in [3.8, 4) is 0 Å². The van der Waals surface area contributed by atoms with E-state index in [0.29, 0.717) is 5.92 Å². The van der Waals surface area contributed by atoms with Crippen LogP contribution in [0.4, 0.5) is 5.13 Å². The zero-order valence-electron chi connectivity index (χ0n) is 8.75. The maximum absolute atomic E-state index is 5.73. The highest BCUT2D eigenvalue weighted by Crippen LogP contribution is 2.35. The van der Waals surface area contributed by atoms with Gasteiger partial charge in [-0.15, -0.1) is 11.3 Å². The summed E-state index contributed by atoms with van der Waals surface area (Å²) in [6.07, 6.45) is 8.14. The monoisotopic (exact) mass is 210 g/mol. The van der Waals surface area contributed by atoms with Crippen LogP contribution in [-0.2, 0) is 0 Å². The molecule has 1 fully saturated rings. The second-order valence-corrected chi connectivity index (χ2v) is 5.42. The largest absolute Gasteiger partial charge is 0.375 e. The van der Waals surface area contributed by atoms with Crippen molar-refractivity contribution in [1.82, 2.24) is 4.98 Å². The van der Waals surface area contributed by atoms with Crippen LogP contribution in [0.5, 0.6) is 0 Å². The fourth-order valence-corrected chi connectivity index (χ4v) is 3.14. The van der Waals surface area contributed by atoms with E-state index in [1.165, 1.54) is 49.1 Å². The summed E-state index contributed by atoms with van der Waals surface area (Å²) in [4.78, 5) is 5.80. The first-order chi connectivity index (χ1) is 6.77. The minimum atomic E-state index is 0.686. The topological polar surface area (TPSA) is 38.9 Å². The number of aryl methyl sites for hydroxylation is 1. The molecule has 1 heterocycles. The lowest BCUT2D eigenvalue weighted by Gasteiger charge is -2.11. The molecule has 1 saturated carbocycles. The second kappa shape index (κ2) is 4.30. The third kappa shape index (κ3) is 2.08. The molecule has 2 rings (SSSR count). The number of hydrogen-bond donors (Lipinski definition) is 1. The Balaban J connectivity index is 2.15. The van der Waals surface area contributed by atoms with E-state index < -0.39 is 0 Å². The summed E-state index contributed by atoms with van der Waals surface area (Å²) in [5.41, 5.74) is 7.02. The number of rotatable bonds is 1. The number of thiazole rings is 1. The minimum absolute atomic E-state index is 0.686. The lowest BCUT2D eigenvalue weighted by molar-refractivity contribution is 0.578. The lowest BCUT2D eigenvalue weighted by atomic mass is 9.96. The minimum Gasteiger partial charge on any atom is -0.375 e. The molecule has 0 aromatic carbocycles. The van der Waals surface area contributed by atoms with Gasteiger partial charge in [0, 0.05) is 10.8 Å². The van der Waals surface area contributed by atoms with Gasteiger partial charge in [-0.25, -0.2) is 4.98 Å². The molecule has 0 unspecified atom stereocenters. The predicted molar refractivity (Wildman–Crippen MR) is 61.7 cm³/mol. The average Bonchev–Trinajstić information content (AvgIpc) is 2.43. The molecule has 0 atom stereocenters. The zero-order chi connectivity index (χ0) is 9.97. The average molecular weight is 210 g/mol. The van der Waals surface area contributed by atoms with E-state index in [9.17, 15) is 0 Å². The van der Waals surface area contributed by atoms with Crippen LogP contribution in [0.25, 0.3) is 0 Å². The van der Waals surface area contributed by atoms with E-state index in [0.717, 1.165) is 5.13 Å². The molecular formula is C11H18N2S. The predicted octanol–water partition coefficient (Wildman–Crippen LogP) is 3.47. The third-order valence-corrected chi connectivity index (χ3v) is 3.91. The van der Waals surface area contributed by atoms with Crippen LogP contribution in [0.15, 0.2) is 0 Å². The van der Waals surface area contributed by atoms with Crippen molar-refractivity contribution in [2.75, 3.05) is 5.73 Å². The van der Waals surface area contributed by atoms with Crippen molar-refractivity contribution in [3.63, 3.8) is 0 Å². The summed E-state index contributed by atoms with van der Waals surface area (Å²) in [6.45, 7) is 2.15. The van der Waals surface area contributed by atoms with Crippen molar-refractivity contribution >= 4 is 16.5 Å². The molecule has 0 radical (unpaired) electrons. The van der Waals surface area contributed by atoms with Gasteiger partial charge < -0.3 is 5.73 Å². The molecular weight excluding hydrogens is 192 g/mol. The highest BCUT2D eigenvalue weighted by atomic mass is 32.1. The smallest absolute Gasteiger partial charge is 0.180 e. The van der Waals surface area contributed by atoms with Gasteiger partial charge in [0.25, 0.3) is 0 Å². The second-order valence-electron chi connectivity index (χ2n) is 4.18. The molecule has 0 amide bonds. The lowest BCUT2D eigenvalue weighted by Crippen LogP contribution is -1.99. The van der Waals surface area contributed by atoms with Gasteiger partial charge in [-0.3, -0.25) is 0 Å². The molecule has 78 valence electrons.